The van der Waals surface area contributed by atoms with E-state index in [2.05, 4.69) is 47.7 Å². The number of piperidine rings is 1. The Morgan fingerprint density at radius 3 is 2.32 bits per heavy atom. The van der Waals surface area contributed by atoms with Gasteiger partial charge < -0.3 is 10.2 Å². The van der Waals surface area contributed by atoms with E-state index in [-0.39, 0.29) is 0 Å². The Balaban J connectivity index is 1.75. The molecule has 2 fully saturated rings. The largest absolute Gasteiger partial charge is 0.365 e. The van der Waals surface area contributed by atoms with E-state index in [1.54, 1.807) is 0 Å². The minimum Gasteiger partial charge on any atom is -0.365 e. The Morgan fingerprint density at radius 1 is 1.16 bits per heavy atom. The van der Waals surface area contributed by atoms with E-state index in [1.807, 2.05) is 11.8 Å². The normalized spacial score (nSPS) is 29.8. The van der Waals surface area contributed by atoms with Crippen molar-refractivity contribution in [3.05, 3.63) is 24.3 Å². The van der Waals surface area contributed by atoms with Gasteiger partial charge in [0.25, 0.3) is 0 Å². The summed E-state index contributed by atoms with van der Waals surface area (Å²) in [5.74, 6) is 0. The standard InChI is InChI=1S/C16H24N2S/c1-3-17-12-10-14-4-5-15(11-12)18(14)13-6-8-16(19-2)9-7-13/h6-9,12,14-15,17H,3-5,10-11H2,1-2H3. The molecule has 2 unspecified atom stereocenters. The maximum Gasteiger partial charge on any atom is 0.0372 e. The van der Waals surface area contributed by atoms with Gasteiger partial charge >= 0.3 is 0 Å². The molecular formula is C16H24N2S. The van der Waals surface area contributed by atoms with Crippen LogP contribution in [-0.4, -0.2) is 30.9 Å². The summed E-state index contributed by atoms with van der Waals surface area (Å²) < 4.78 is 0. The minimum absolute atomic E-state index is 0.740. The summed E-state index contributed by atoms with van der Waals surface area (Å²) in [6.45, 7) is 3.32. The van der Waals surface area contributed by atoms with Crippen LogP contribution in [0.4, 0.5) is 5.69 Å². The first-order valence-corrected chi connectivity index (χ1v) is 8.70. The third-order valence-corrected chi connectivity index (χ3v) is 5.34. The second-order valence-electron chi connectivity index (χ2n) is 5.72. The molecule has 1 aromatic carbocycles. The van der Waals surface area contributed by atoms with E-state index in [0.717, 1.165) is 24.7 Å². The van der Waals surface area contributed by atoms with Gasteiger partial charge in [0, 0.05) is 28.7 Å². The van der Waals surface area contributed by atoms with Gasteiger partial charge in [-0.25, -0.2) is 0 Å². The molecule has 1 aromatic rings. The highest BCUT2D eigenvalue weighted by molar-refractivity contribution is 7.98. The second kappa shape index (κ2) is 5.76. The molecule has 19 heavy (non-hydrogen) atoms. The Hall–Kier alpha value is -0.670. The van der Waals surface area contributed by atoms with Gasteiger partial charge in [0.15, 0.2) is 0 Å². The van der Waals surface area contributed by atoms with Crippen LogP contribution in [0.15, 0.2) is 29.2 Å². The fourth-order valence-electron chi connectivity index (χ4n) is 3.81. The molecule has 0 aliphatic carbocycles. The molecular weight excluding hydrogens is 252 g/mol. The van der Waals surface area contributed by atoms with Crippen molar-refractivity contribution in [2.75, 3.05) is 17.7 Å². The van der Waals surface area contributed by atoms with Crippen molar-refractivity contribution in [1.29, 1.82) is 0 Å². The van der Waals surface area contributed by atoms with Crippen LogP contribution < -0.4 is 10.2 Å². The number of hydrogen-bond donors (Lipinski definition) is 1. The summed E-state index contributed by atoms with van der Waals surface area (Å²) in [7, 11) is 0. The highest BCUT2D eigenvalue weighted by Gasteiger charge is 2.40. The molecule has 0 saturated carbocycles. The summed E-state index contributed by atoms with van der Waals surface area (Å²) in [6, 6.07) is 11.4. The van der Waals surface area contributed by atoms with Gasteiger partial charge in [-0.3, -0.25) is 0 Å². The number of nitrogens with one attached hydrogen (secondary N) is 1. The lowest BCUT2D eigenvalue weighted by molar-refractivity contribution is 0.361. The Labute approximate surface area is 121 Å². The zero-order chi connectivity index (χ0) is 13.2. The number of anilines is 1. The molecule has 2 aliphatic heterocycles. The Kier molecular flexibility index (Phi) is 4.04. The smallest absolute Gasteiger partial charge is 0.0372 e. The second-order valence-corrected chi connectivity index (χ2v) is 6.60. The van der Waals surface area contributed by atoms with Gasteiger partial charge in [0.1, 0.15) is 0 Å². The van der Waals surface area contributed by atoms with Crippen molar-refractivity contribution in [3.63, 3.8) is 0 Å². The molecule has 0 spiro atoms. The summed E-state index contributed by atoms with van der Waals surface area (Å²) in [4.78, 5) is 4.05. The van der Waals surface area contributed by atoms with Crippen LogP contribution in [0.2, 0.25) is 0 Å². The fraction of sp³-hybridized carbons (Fsp3) is 0.625. The SMILES string of the molecule is CCNC1CC2CCC(C1)N2c1ccc(SC)cc1. The Bertz CT molecular complexity index is 403. The zero-order valence-corrected chi connectivity index (χ0v) is 12.7. The number of fused-ring (bicyclic) bond motifs is 2. The monoisotopic (exact) mass is 276 g/mol. The molecule has 2 heterocycles. The van der Waals surface area contributed by atoms with Crippen molar-refractivity contribution in [3.8, 4) is 0 Å². The number of hydrogen-bond acceptors (Lipinski definition) is 3. The van der Waals surface area contributed by atoms with E-state index in [0.29, 0.717) is 0 Å². The van der Waals surface area contributed by atoms with E-state index >= 15 is 0 Å². The van der Waals surface area contributed by atoms with Gasteiger partial charge in [-0.2, -0.15) is 0 Å². The Morgan fingerprint density at radius 2 is 1.79 bits per heavy atom. The van der Waals surface area contributed by atoms with Crippen LogP contribution in [0.5, 0.6) is 0 Å². The lowest BCUT2D eigenvalue weighted by Gasteiger charge is -2.41. The molecule has 2 saturated heterocycles. The van der Waals surface area contributed by atoms with Gasteiger partial charge in [-0.15, -0.1) is 11.8 Å². The third kappa shape index (κ3) is 2.63. The lowest BCUT2D eigenvalue weighted by Crippen LogP contribution is -2.49. The molecule has 0 radical (unpaired) electrons. The maximum absolute atomic E-state index is 3.65. The molecule has 1 N–H and O–H groups in total. The van der Waals surface area contributed by atoms with E-state index in [4.69, 9.17) is 0 Å². The third-order valence-electron chi connectivity index (χ3n) is 4.60. The van der Waals surface area contributed by atoms with Crippen molar-refractivity contribution < 1.29 is 0 Å². The average molecular weight is 276 g/mol. The molecule has 0 aromatic heterocycles. The van der Waals surface area contributed by atoms with Gasteiger partial charge in [0.05, 0.1) is 0 Å². The van der Waals surface area contributed by atoms with Gasteiger partial charge in [-0.1, -0.05) is 6.92 Å². The summed E-state index contributed by atoms with van der Waals surface area (Å²) in [6.07, 6.45) is 7.51. The summed E-state index contributed by atoms with van der Waals surface area (Å²) >= 11 is 1.82. The predicted molar refractivity (Wildman–Crippen MR) is 84.2 cm³/mol. The van der Waals surface area contributed by atoms with E-state index in [9.17, 15) is 0 Å². The number of benzene rings is 1. The minimum atomic E-state index is 0.740. The van der Waals surface area contributed by atoms with Crippen LogP contribution in [0.25, 0.3) is 0 Å². The lowest BCUT2D eigenvalue weighted by atomic mass is 9.96. The average Bonchev–Trinajstić information content (AvgIpc) is 2.71. The van der Waals surface area contributed by atoms with E-state index in [1.165, 1.54) is 36.3 Å². The van der Waals surface area contributed by atoms with Crippen LogP contribution in [-0.2, 0) is 0 Å². The topological polar surface area (TPSA) is 15.3 Å². The van der Waals surface area contributed by atoms with Crippen LogP contribution in [0, 0.1) is 0 Å². The first kappa shape index (κ1) is 13.3. The van der Waals surface area contributed by atoms with Crippen molar-refractivity contribution in [1.82, 2.24) is 5.32 Å². The first-order chi connectivity index (χ1) is 9.31. The summed E-state index contributed by atoms with van der Waals surface area (Å²) in [5, 5.41) is 3.65. The zero-order valence-electron chi connectivity index (χ0n) is 11.9. The molecule has 0 amide bonds. The quantitative estimate of drug-likeness (QED) is 0.847. The maximum atomic E-state index is 3.65. The molecule has 2 nitrogen and oxygen atoms in total. The van der Waals surface area contributed by atoms with Crippen LogP contribution in [0.1, 0.15) is 32.6 Å². The van der Waals surface area contributed by atoms with Gasteiger partial charge in [-0.05, 0) is 62.7 Å². The predicted octanol–water partition coefficient (Wildman–Crippen LogP) is 3.52. The molecule has 3 heteroatoms. The number of rotatable bonds is 4. The molecule has 2 aliphatic rings. The van der Waals surface area contributed by atoms with Crippen molar-refractivity contribution >= 4 is 17.4 Å². The van der Waals surface area contributed by atoms with Crippen molar-refractivity contribution in [2.24, 2.45) is 0 Å². The number of nitrogens with zero attached hydrogens (tertiary/aromatic N) is 1. The highest BCUT2D eigenvalue weighted by atomic mass is 32.2. The van der Waals surface area contributed by atoms with Crippen molar-refractivity contribution in [2.45, 2.75) is 55.6 Å². The molecule has 104 valence electrons. The van der Waals surface area contributed by atoms with Crippen LogP contribution in [0.3, 0.4) is 0 Å². The summed E-state index contributed by atoms with van der Waals surface area (Å²) in [5.41, 5.74) is 1.43. The van der Waals surface area contributed by atoms with Gasteiger partial charge in [0.2, 0.25) is 0 Å². The van der Waals surface area contributed by atoms with Crippen LogP contribution >= 0.6 is 11.8 Å². The molecule has 2 atom stereocenters. The number of thioether (sulfide) groups is 1. The molecule has 3 rings (SSSR count). The first-order valence-electron chi connectivity index (χ1n) is 7.47. The highest BCUT2D eigenvalue weighted by Crippen LogP contribution is 2.39. The molecule has 2 bridgehead atoms. The fourth-order valence-corrected chi connectivity index (χ4v) is 4.22. The van der Waals surface area contributed by atoms with E-state index < -0.39 is 0 Å².